The smallest absolute Gasteiger partial charge is 0.217 e. The van der Waals surface area contributed by atoms with E-state index < -0.39 is 135 Å². The zero-order valence-electron chi connectivity index (χ0n) is 25.0. The number of aliphatic hydroxyl groups is 10. The van der Waals surface area contributed by atoms with Crippen LogP contribution in [0.2, 0.25) is 0 Å². The van der Waals surface area contributed by atoms with Gasteiger partial charge in [0.05, 0.1) is 24.9 Å². The van der Waals surface area contributed by atoms with Gasteiger partial charge < -0.3 is 89.5 Å². The van der Waals surface area contributed by atoms with Gasteiger partial charge in [-0.2, -0.15) is 0 Å². The number of rotatable bonds is 8. The summed E-state index contributed by atoms with van der Waals surface area (Å²) in [5.41, 5.74) is 0. The van der Waals surface area contributed by atoms with E-state index in [0.29, 0.717) is 0 Å². The minimum Gasteiger partial charge on any atom is -0.394 e. The molecule has 0 saturated carbocycles. The van der Waals surface area contributed by atoms with Crippen LogP contribution in [0.1, 0.15) is 27.7 Å². The summed E-state index contributed by atoms with van der Waals surface area (Å²) in [5, 5.41) is 107. The average Bonchev–Trinajstić information content (AvgIpc) is 2.99. The van der Waals surface area contributed by atoms with Crippen molar-refractivity contribution in [2.45, 2.75) is 150 Å². The van der Waals surface area contributed by atoms with Crippen LogP contribution in [0.5, 0.6) is 0 Å². The summed E-state index contributed by atoms with van der Waals surface area (Å²) < 4.78 is 39.3. The molecule has 11 N–H and O–H groups in total. The first kappa shape index (κ1) is 36.6. The summed E-state index contributed by atoms with van der Waals surface area (Å²) >= 11 is 0. The highest BCUT2D eigenvalue weighted by Gasteiger charge is 2.54. The molecule has 0 bridgehead atoms. The molecule has 4 aliphatic heterocycles. The first-order valence-corrected chi connectivity index (χ1v) is 14.7. The lowest BCUT2D eigenvalue weighted by atomic mass is 9.95. The van der Waals surface area contributed by atoms with Gasteiger partial charge in [-0.3, -0.25) is 4.79 Å². The third-order valence-electron chi connectivity index (χ3n) is 8.49. The number of ether oxygens (including phenoxy) is 7. The van der Waals surface area contributed by atoms with Gasteiger partial charge in [0.2, 0.25) is 5.91 Å². The Labute approximate surface area is 257 Å². The van der Waals surface area contributed by atoms with Crippen molar-refractivity contribution in [3.05, 3.63) is 0 Å². The lowest BCUT2D eigenvalue weighted by molar-refractivity contribution is -0.389. The highest BCUT2D eigenvalue weighted by Crippen LogP contribution is 2.34. The molecule has 0 aromatic carbocycles. The predicted molar refractivity (Wildman–Crippen MR) is 141 cm³/mol. The minimum absolute atomic E-state index is 0.625. The van der Waals surface area contributed by atoms with Crippen molar-refractivity contribution >= 4 is 5.91 Å². The Morgan fingerprint density at radius 2 is 1.07 bits per heavy atom. The quantitative estimate of drug-likeness (QED) is 0.115. The molecule has 0 spiro atoms. The zero-order valence-corrected chi connectivity index (χ0v) is 25.0. The van der Waals surface area contributed by atoms with Gasteiger partial charge in [-0.1, -0.05) is 0 Å². The molecule has 19 heteroatoms. The van der Waals surface area contributed by atoms with Crippen LogP contribution in [0, 0.1) is 0 Å². The molecule has 0 aromatic rings. The Bertz CT molecular complexity index is 980. The molecular weight excluding hydrogens is 614 g/mol. The Hall–Kier alpha value is -1.21. The van der Waals surface area contributed by atoms with E-state index in [0.717, 1.165) is 6.92 Å². The van der Waals surface area contributed by atoms with Crippen LogP contribution in [0.3, 0.4) is 0 Å². The van der Waals surface area contributed by atoms with Crippen LogP contribution in [-0.2, 0) is 38.0 Å². The van der Waals surface area contributed by atoms with Gasteiger partial charge in [0.1, 0.15) is 79.3 Å². The van der Waals surface area contributed by atoms with E-state index in [9.17, 15) is 55.9 Å². The lowest BCUT2D eigenvalue weighted by Crippen LogP contribution is -2.68. The molecule has 262 valence electrons. The van der Waals surface area contributed by atoms with Crippen LogP contribution in [0.25, 0.3) is 0 Å². The zero-order chi connectivity index (χ0) is 33.5. The number of carbonyl (C=O) groups is 1. The molecule has 1 amide bonds. The van der Waals surface area contributed by atoms with Gasteiger partial charge in [-0.25, -0.2) is 0 Å². The number of hydrogen-bond donors (Lipinski definition) is 11. The second kappa shape index (κ2) is 14.9. The van der Waals surface area contributed by atoms with E-state index in [2.05, 4.69) is 5.32 Å². The van der Waals surface area contributed by atoms with Crippen molar-refractivity contribution in [3.63, 3.8) is 0 Å². The van der Waals surface area contributed by atoms with Gasteiger partial charge >= 0.3 is 0 Å². The number of nitrogens with one attached hydrogen (secondary N) is 1. The van der Waals surface area contributed by atoms with E-state index in [4.69, 9.17) is 33.2 Å². The fraction of sp³-hybridized carbons (Fsp3) is 0.962. The highest BCUT2D eigenvalue weighted by molar-refractivity contribution is 5.73. The minimum atomic E-state index is -1.87. The molecule has 0 aromatic heterocycles. The maximum absolute atomic E-state index is 11.8. The van der Waals surface area contributed by atoms with Crippen molar-refractivity contribution in [1.29, 1.82) is 0 Å². The summed E-state index contributed by atoms with van der Waals surface area (Å²) in [4.78, 5) is 11.8. The van der Waals surface area contributed by atoms with Gasteiger partial charge in [0, 0.05) is 6.92 Å². The van der Waals surface area contributed by atoms with Gasteiger partial charge in [0.25, 0.3) is 0 Å². The molecule has 0 unspecified atom stereocenters. The number of carbonyl (C=O) groups excluding carboxylic acids is 1. The number of hydrogen-bond acceptors (Lipinski definition) is 18. The fourth-order valence-corrected chi connectivity index (χ4v) is 5.75. The standard InChI is InChI=1S/C26H45NO18/c1-6-12(30)16(34)18(36)24(39-6)45-22-17(35)13(31)7(2)41-26(22)44-21-14(32)8(3)40-25(19(21)37)43-20-11(27-9(4)29)23(38)42-10(5-28)15(20)33/h6-8,10-26,28,30-38H,5H2,1-4H3,(H,27,29)/t6-,7-,8-,10+,11+,12-,13-,14-,15+,16+,17+,18+,19+,20+,21+,22+,23-,24-,25-,26-/m0/s1. The molecule has 45 heavy (non-hydrogen) atoms. The van der Waals surface area contributed by atoms with Crippen LogP contribution >= 0.6 is 0 Å². The normalized spacial score (nSPS) is 52.8. The molecule has 4 heterocycles. The van der Waals surface area contributed by atoms with Crippen LogP contribution in [0.4, 0.5) is 0 Å². The third kappa shape index (κ3) is 7.60. The molecule has 4 rings (SSSR count). The largest absolute Gasteiger partial charge is 0.394 e. The summed E-state index contributed by atoms with van der Waals surface area (Å²) in [7, 11) is 0. The summed E-state index contributed by atoms with van der Waals surface area (Å²) in [6.45, 7) is 4.60. The van der Waals surface area contributed by atoms with E-state index in [1.54, 1.807) is 0 Å². The third-order valence-corrected chi connectivity index (χ3v) is 8.49. The highest BCUT2D eigenvalue weighted by atomic mass is 16.8. The Morgan fingerprint density at radius 1 is 0.578 bits per heavy atom. The SMILES string of the molecule is CC(=O)N[C@@H]1[C@@H](O[C@@H]2O[C@@H](C)[C@H](O)[C@@H](O[C@@H]3O[C@@H](C)[C@H](O)[C@@H](O)[C@H]3O[C@@H]3O[C@@H](C)[C@H](O)[C@@H](O)[C@H]3O)[C@H]2O)[C@H](O)[C@@H](CO)O[C@@H]1O. The molecule has 4 aliphatic rings. The molecule has 0 radical (unpaired) electrons. The summed E-state index contributed by atoms with van der Waals surface area (Å²) in [5.74, 6) is -0.625. The topological polar surface area (TPSA) is 296 Å². The van der Waals surface area contributed by atoms with E-state index in [1.807, 2.05) is 0 Å². The van der Waals surface area contributed by atoms with Crippen LogP contribution < -0.4 is 5.32 Å². The molecule has 4 fully saturated rings. The van der Waals surface area contributed by atoms with Crippen molar-refractivity contribution < 1.29 is 89.0 Å². The van der Waals surface area contributed by atoms with Gasteiger partial charge in [-0.15, -0.1) is 0 Å². The Kier molecular flexibility index (Phi) is 12.1. The first-order chi connectivity index (χ1) is 21.1. The molecule has 20 atom stereocenters. The second-order valence-electron chi connectivity index (χ2n) is 11.8. The van der Waals surface area contributed by atoms with Gasteiger partial charge in [-0.05, 0) is 20.8 Å². The number of aliphatic hydroxyl groups excluding tert-OH is 10. The predicted octanol–water partition coefficient (Wildman–Crippen LogP) is -6.52. The molecule has 0 aliphatic carbocycles. The summed E-state index contributed by atoms with van der Waals surface area (Å²) in [6, 6.07) is -1.38. The van der Waals surface area contributed by atoms with Crippen LogP contribution in [0.15, 0.2) is 0 Å². The maximum atomic E-state index is 11.8. The van der Waals surface area contributed by atoms with Crippen molar-refractivity contribution in [2.75, 3.05) is 6.61 Å². The molecular formula is C26H45NO18. The molecule has 4 saturated heterocycles. The first-order valence-electron chi connectivity index (χ1n) is 14.7. The van der Waals surface area contributed by atoms with Crippen LogP contribution in [-0.4, -0.2) is 186 Å². The number of amides is 1. The Morgan fingerprint density at radius 3 is 1.64 bits per heavy atom. The van der Waals surface area contributed by atoms with Crippen molar-refractivity contribution in [2.24, 2.45) is 0 Å². The fourth-order valence-electron chi connectivity index (χ4n) is 5.75. The van der Waals surface area contributed by atoms with E-state index in [-0.39, 0.29) is 0 Å². The monoisotopic (exact) mass is 659 g/mol. The second-order valence-corrected chi connectivity index (χ2v) is 11.8. The lowest BCUT2D eigenvalue weighted by Gasteiger charge is -2.49. The van der Waals surface area contributed by atoms with Crippen molar-refractivity contribution in [3.8, 4) is 0 Å². The Balaban J connectivity index is 1.56. The van der Waals surface area contributed by atoms with Crippen molar-refractivity contribution in [1.82, 2.24) is 5.32 Å². The van der Waals surface area contributed by atoms with E-state index in [1.165, 1.54) is 20.8 Å². The summed E-state index contributed by atoms with van der Waals surface area (Å²) in [6.07, 6.45) is -29.3. The average molecular weight is 660 g/mol. The molecule has 19 nitrogen and oxygen atoms in total. The van der Waals surface area contributed by atoms with E-state index >= 15 is 0 Å². The maximum Gasteiger partial charge on any atom is 0.217 e. The van der Waals surface area contributed by atoms with Gasteiger partial charge in [0.15, 0.2) is 25.2 Å².